The molecule has 0 aromatic rings. The molecule has 0 unspecified atom stereocenters. The first-order valence-corrected chi connectivity index (χ1v) is 3.00. The van der Waals surface area contributed by atoms with E-state index in [1.807, 2.05) is 0 Å². The summed E-state index contributed by atoms with van der Waals surface area (Å²) in [6, 6.07) is 0. The van der Waals surface area contributed by atoms with E-state index in [1.54, 1.807) is 0 Å². The van der Waals surface area contributed by atoms with Crippen LogP contribution >= 0.6 is 0 Å². The number of aliphatic hydroxyl groups excluding tert-OH is 2. The van der Waals surface area contributed by atoms with Gasteiger partial charge in [-0.15, -0.1) is 0 Å². The van der Waals surface area contributed by atoms with Gasteiger partial charge in [0.1, 0.15) is 5.76 Å². The Morgan fingerprint density at radius 3 is 2.27 bits per heavy atom. The van der Waals surface area contributed by atoms with Gasteiger partial charge in [-0.05, 0) is 13.0 Å². The maximum absolute atomic E-state index is 9.95. The van der Waals surface area contributed by atoms with E-state index in [1.165, 1.54) is 6.92 Å². The van der Waals surface area contributed by atoms with E-state index in [-0.39, 0.29) is 17.9 Å². The largest absolute Gasteiger partial charge is 0.512 e. The van der Waals surface area contributed by atoms with Crippen LogP contribution in [0.4, 0.5) is 0 Å². The summed E-state index contributed by atoms with van der Waals surface area (Å²) in [5.74, 6) is -1.34. The Morgan fingerprint density at radius 1 is 1.36 bits per heavy atom. The first-order valence-electron chi connectivity index (χ1n) is 3.00. The number of carboxylic acids is 1. The van der Waals surface area contributed by atoms with Crippen LogP contribution in [0.2, 0.25) is 0 Å². The third kappa shape index (κ3) is 6.44. The molecule has 0 fully saturated rings. The predicted octanol–water partition coefficient (Wildman–Crippen LogP) is 1.36. The molecule has 0 heterocycles. The molecule has 0 aromatic carbocycles. The zero-order valence-corrected chi connectivity index (χ0v) is 6.11. The standard InChI is InChI=1S/C7H10O4/c1-5(8)4-6(9)2-3-7(10)11/h2,4,8-9H,3H2,1H3,(H,10,11)/b5-4-,6-2-. The van der Waals surface area contributed by atoms with Crippen molar-refractivity contribution in [1.82, 2.24) is 0 Å². The van der Waals surface area contributed by atoms with Crippen molar-refractivity contribution < 1.29 is 20.1 Å². The number of rotatable bonds is 3. The second kappa shape index (κ2) is 4.38. The fourth-order valence-electron chi connectivity index (χ4n) is 0.465. The molecule has 3 N–H and O–H groups in total. The van der Waals surface area contributed by atoms with Gasteiger partial charge in [0, 0.05) is 6.08 Å². The molecule has 0 bridgehead atoms. The summed E-state index contributed by atoms with van der Waals surface area (Å²) in [4.78, 5) is 9.95. The minimum absolute atomic E-state index is 0.0656. The molecule has 0 aromatic heterocycles. The Balaban J connectivity index is 4.02. The number of allylic oxidation sites excluding steroid dienone is 2. The lowest BCUT2D eigenvalue weighted by Gasteiger charge is -1.90. The number of carboxylic acid groups (broad SMARTS) is 1. The Kier molecular flexibility index (Phi) is 3.80. The van der Waals surface area contributed by atoms with Gasteiger partial charge in [-0.2, -0.15) is 0 Å². The number of carbonyl (C=O) groups is 1. The van der Waals surface area contributed by atoms with Crippen LogP contribution in [0, 0.1) is 0 Å². The van der Waals surface area contributed by atoms with Crippen molar-refractivity contribution in [1.29, 1.82) is 0 Å². The first kappa shape index (κ1) is 9.55. The van der Waals surface area contributed by atoms with E-state index in [9.17, 15) is 4.79 Å². The molecule has 0 atom stereocenters. The fourth-order valence-corrected chi connectivity index (χ4v) is 0.465. The second-order valence-corrected chi connectivity index (χ2v) is 2.01. The number of aliphatic hydroxyl groups is 2. The van der Waals surface area contributed by atoms with Gasteiger partial charge in [0.05, 0.1) is 12.2 Å². The topological polar surface area (TPSA) is 77.8 Å². The zero-order valence-electron chi connectivity index (χ0n) is 6.11. The Bertz CT molecular complexity index is 198. The highest BCUT2D eigenvalue weighted by Gasteiger charge is 1.93. The van der Waals surface area contributed by atoms with E-state index in [2.05, 4.69) is 0 Å². The van der Waals surface area contributed by atoms with E-state index < -0.39 is 5.97 Å². The molecular weight excluding hydrogens is 148 g/mol. The van der Waals surface area contributed by atoms with Crippen molar-refractivity contribution in [2.24, 2.45) is 0 Å². The first-order chi connectivity index (χ1) is 5.02. The summed E-state index contributed by atoms with van der Waals surface area (Å²) in [5.41, 5.74) is 0. The number of aliphatic carboxylic acids is 1. The molecule has 4 heteroatoms. The summed E-state index contributed by atoms with van der Waals surface area (Å²) in [6.45, 7) is 1.38. The van der Waals surface area contributed by atoms with Crippen LogP contribution in [0.15, 0.2) is 23.7 Å². The molecule has 62 valence electrons. The summed E-state index contributed by atoms with van der Waals surface area (Å²) in [7, 11) is 0. The van der Waals surface area contributed by atoms with Gasteiger partial charge in [-0.3, -0.25) is 4.79 Å². The highest BCUT2D eigenvalue weighted by Crippen LogP contribution is 1.97. The summed E-state index contributed by atoms with van der Waals surface area (Å²) < 4.78 is 0. The van der Waals surface area contributed by atoms with Crippen LogP contribution in [0.1, 0.15) is 13.3 Å². The monoisotopic (exact) mass is 158 g/mol. The maximum Gasteiger partial charge on any atom is 0.307 e. The Morgan fingerprint density at radius 2 is 1.91 bits per heavy atom. The molecular formula is C7H10O4. The summed E-state index contributed by atoms with van der Waals surface area (Å²) in [5, 5.41) is 25.6. The Hall–Kier alpha value is -1.45. The fraction of sp³-hybridized carbons (Fsp3) is 0.286. The Labute approximate surface area is 64.1 Å². The molecule has 0 radical (unpaired) electrons. The molecule has 0 amide bonds. The van der Waals surface area contributed by atoms with Gasteiger partial charge < -0.3 is 15.3 Å². The molecule has 0 aliphatic carbocycles. The van der Waals surface area contributed by atoms with E-state index >= 15 is 0 Å². The van der Waals surface area contributed by atoms with Crippen molar-refractivity contribution in [3.63, 3.8) is 0 Å². The van der Waals surface area contributed by atoms with Crippen molar-refractivity contribution >= 4 is 5.97 Å². The lowest BCUT2D eigenvalue weighted by atomic mass is 10.3. The van der Waals surface area contributed by atoms with Crippen LogP contribution in [-0.2, 0) is 4.79 Å². The minimum atomic E-state index is -1.03. The van der Waals surface area contributed by atoms with E-state index in [4.69, 9.17) is 15.3 Å². The van der Waals surface area contributed by atoms with Gasteiger partial charge in [-0.1, -0.05) is 0 Å². The van der Waals surface area contributed by atoms with Crippen LogP contribution < -0.4 is 0 Å². The van der Waals surface area contributed by atoms with Crippen molar-refractivity contribution in [3.8, 4) is 0 Å². The average Bonchev–Trinajstić information content (AvgIpc) is 1.82. The van der Waals surface area contributed by atoms with Crippen LogP contribution in [0.3, 0.4) is 0 Å². The SMILES string of the molecule is C/C(O)=C/C(O)=C/CC(=O)O. The number of hydrogen-bond acceptors (Lipinski definition) is 3. The van der Waals surface area contributed by atoms with Gasteiger partial charge >= 0.3 is 5.97 Å². The summed E-state index contributed by atoms with van der Waals surface area (Å²) >= 11 is 0. The maximum atomic E-state index is 9.95. The predicted molar refractivity (Wildman–Crippen MR) is 39.4 cm³/mol. The smallest absolute Gasteiger partial charge is 0.307 e. The normalized spacial score (nSPS) is 13.2. The van der Waals surface area contributed by atoms with Crippen LogP contribution in [0.25, 0.3) is 0 Å². The summed E-state index contributed by atoms with van der Waals surface area (Å²) in [6.07, 6.45) is 1.92. The minimum Gasteiger partial charge on any atom is -0.512 e. The van der Waals surface area contributed by atoms with E-state index in [0.717, 1.165) is 12.2 Å². The van der Waals surface area contributed by atoms with Crippen LogP contribution in [0.5, 0.6) is 0 Å². The molecule has 11 heavy (non-hydrogen) atoms. The lowest BCUT2D eigenvalue weighted by Crippen LogP contribution is -1.91. The van der Waals surface area contributed by atoms with Gasteiger partial charge in [0.2, 0.25) is 0 Å². The van der Waals surface area contributed by atoms with Crippen molar-refractivity contribution in [2.45, 2.75) is 13.3 Å². The molecule has 0 aliphatic heterocycles. The highest BCUT2D eigenvalue weighted by molar-refractivity contribution is 5.68. The molecule has 4 nitrogen and oxygen atoms in total. The lowest BCUT2D eigenvalue weighted by molar-refractivity contribution is -0.136. The third-order valence-corrected chi connectivity index (χ3v) is 0.843. The third-order valence-electron chi connectivity index (χ3n) is 0.843. The van der Waals surface area contributed by atoms with E-state index in [0.29, 0.717) is 0 Å². The molecule has 0 aliphatic rings. The highest BCUT2D eigenvalue weighted by atomic mass is 16.4. The van der Waals surface area contributed by atoms with Crippen LogP contribution in [-0.4, -0.2) is 21.3 Å². The van der Waals surface area contributed by atoms with Gasteiger partial charge in [0.25, 0.3) is 0 Å². The van der Waals surface area contributed by atoms with Gasteiger partial charge in [-0.25, -0.2) is 0 Å². The molecule has 0 saturated heterocycles. The quantitative estimate of drug-likeness (QED) is 0.428. The van der Waals surface area contributed by atoms with Crippen molar-refractivity contribution in [2.75, 3.05) is 0 Å². The molecule has 0 spiro atoms. The van der Waals surface area contributed by atoms with Gasteiger partial charge in [0.15, 0.2) is 0 Å². The molecule has 0 rings (SSSR count). The zero-order chi connectivity index (χ0) is 8.85. The average molecular weight is 158 g/mol. The molecule has 0 saturated carbocycles. The number of hydrogen-bond donors (Lipinski definition) is 3. The second-order valence-electron chi connectivity index (χ2n) is 2.01. The van der Waals surface area contributed by atoms with Crippen molar-refractivity contribution in [3.05, 3.63) is 23.7 Å².